The van der Waals surface area contributed by atoms with E-state index in [0.29, 0.717) is 6.04 Å². The zero-order valence-corrected chi connectivity index (χ0v) is 12.0. The third-order valence-electron chi connectivity index (χ3n) is 4.58. The highest BCUT2D eigenvalue weighted by Crippen LogP contribution is 2.35. The molecule has 1 N–H and O–H groups in total. The van der Waals surface area contributed by atoms with Crippen LogP contribution in [-0.4, -0.2) is 33.6 Å². The number of para-hydroxylation sites is 1. The van der Waals surface area contributed by atoms with E-state index in [1.165, 1.54) is 48.9 Å². The molecule has 0 radical (unpaired) electrons. The van der Waals surface area contributed by atoms with Crippen molar-refractivity contribution in [1.82, 2.24) is 14.5 Å². The summed E-state index contributed by atoms with van der Waals surface area (Å²) in [7, 11) is 0. The monoisotopic (exact) mass is 273 g/mol. The number of rotatable bonds is 2. The lowest BCUT2D eigenvalue weighted by molar-refractivity contribution is 0.314. The second-order valence-electron chi connectivity index (χ2n) is 5.94. The molecule has 3 nitrogen and oxygen atoms in total. The number of benzene rings is 1. The standard InChI is InChI=1S/C15H19N3S/c1-10-3-2-4-13-14(10)16-15(19)18(13)12-7-8-17(9-12)11-5-6-11/h2-4,11-12H,5-9H2,1H3,(H,16,19). The van der Waals surface area contributed by atoms with Gasteiger partial charge in [0, 0.05) is 19.1 Å². The molecule has 2 aromatic rings. The maximum Gasteiger partial charge on any atom is 0.178 e. The lowest BCUT2D eigenvalue weighted by Crippen LogP contribution is -2.23. The molecule has 0 spiro atoms. The molecule has 1 aliphatic heterocycles. The smallest absolute Gasteiger partial charge is 0.178 e. The fraction of sp³-hybridized carbons (Fsp3) is 0.533. The third kappa shape index (κ3) is 1.85. The van der Waals surface area contributed by atoms with Crippen LogP contribution in [0.4, 0.5) is 0 Å². The van der Waals surface area contributed by atoms with Crippen molar-refractivity contribution in [3.05, 3.63) is 28.5 Å². The first-order valence-corrected chi connectivity index (χ1v) is 7.59. The number of nitrogens with one attached hydrogen (secondary N) is 1. The fourth-order valence-corrected chi connectivity index (χ4v) is 3.75. The van der Waals surface area contributed by atoms with E-state index >= 15 is 0 Å². The van der Waals surface area contributed by atoms with Gasteiger partial charge in [0.1, 0.15) is 0 Å². The van der Waals surface area contributed by atoms with Crippen LogP contribution < -0.4 is 0 Å². The predicted molar refractivity (Wildman–Crippen MR) is 80.1 cm³/mol. The van der Waals surface area contributed by atoms with Gasteiger partial charge in [-0.25, -0.2) is 0 Å². The second kappa shape index (κ2) is 4.18. The fourth-order valence-electron chi connectivity index (χ4n) is 3.40. The highest BCUT2D eigenvalue weighted by molar-refractivity contribution is 7.71. The van der Waals surface area contributed by atoms with Crippen LogP contribution in [0.25, 0.3) is 11.0 Å². The topological polar surface area (TPSA) is 24.0 Å². The first-order valence-electron chi connectivity index (χ1n) is 7.18. The highest BCUT2D eigenvalue weighted by atomic mass is 32.1. The number of aryl methyl sites for hydroxylation is 1. The van der Waals surface area contributed by atoms with Crippen LogP contribution in [0.3, 0.4) is 0 Å². The number of imidazole rings is 1. The maximum atomic E-state index is 5.56. The number of hydrogen-bond acceptors (Lipinski definition) is 2. The van der Waals surface area contributed by atoms with Crippen molar-refractivity contribution in [2.75, 3.05) is 13.1 Å². The van der Waals surface area contributed by atoms with E-state index in [9.17, 15) is 0 Å². The van der Waals surface area contributed by atoms with Crippen molar-refractivity contribution in [1.29, 1.82) is 0 Å². The molecule has 1 aromatic heterocycles. The van der Waals surface area contributed by atoms with E-state index in [1.54, 1.807) is 0 Å². The Morgan fingerprint density at radius 2 is 2.05 bits per heavy atom. The summed E-state index contributed by atoms with van der Waals surface area (Å²) in [5.74, 6) is 0. The van der Waals surface area contributed by atoms with E-state index in [1.807, 2.05) is 0 Å². The van der Waals surface area contributed by atoms with E-state index in [2.05, 4.69) is 39.6 Å². The average molecular weight is 273 g/mol. The van der Waals surface area contributed by atoms with Crippen molar-refractivity contribution in [3.63, 3.8) is 0 Å². The Hall–Kier alpha value is -1.13. The van der Waals surface area contributed by atoms with Crippen LogP contribution in [0.5, 0.6) is 0 Å². The van der Waals surface area contributed by atoms with Crippen LogP contribution in [0.15, 0.2) is 18.2 Å². The van der Waals surface area contributed by atoms with Gasteiger partial charge in [0.15, 0.2) is 4.77 Å². The zero-order valence-electron chi connectivity index (χ0n) is 11.2. The summed E-state index contributed by atoms with van der Waals surface area (Å²) in [6, 6.07) is 7.87. The summed E-state index contributed by atoms with van der Waals surface area (Å²) in [4.78, 5) is 6.03. The minimum Gasteiger partial charge on any atom is -0.330 e. The van der Waals surface area contributed by atoms with Gasteiger partial charge in [-0.15, -0.1) is 0 Å². The number of hydrogen-bond donors (Lipinski definition) is 1. The minimum absolute atomic E-state index is 0.545. The SMILES string of the molecule is Cc1cccc2c1[nH]c(=S)n2C1CCN(C2CC2)C1. The van der Waals surface area contributed by atoms with Gasteiger partial charge >= 0.3 is 0 Å². The molecule has 1 unspecified atom stereocenters. The number of aromatic nitrogens is 2. The Labute approximate surface area is 118 Å². The number of H-pyrrole nitrogens is 1. The summed E-state index contributed by atoms with van der Waals surface area (Å²) in [5, 5.41) is 0. The number of likely N-dealkylation sites (tertiary alicyclic amines) is 1. The molecule has 4 heteroatoms. The quantitative estimate of drug-likeness (QED) is 0.848. The Kier molecular flexibility index (Phi) is 2.57. The Morgan fingerprint density at radius 1 is 1.21 bits per heavy atom. The molecule has 2 fully saturated rings. The van der Waals surface area contributed by atoms with Crippen molar-refractivity contribution < 1.29 is 0 Å². The third-order valence-corrected chi connectivity index (χ3v) is 4.88. The number of aromatic amines is 1. The first-order chi connectivity index (χ1) is 9.24. The minimum atomic E-state index is 0.545. The van der Waals surface area contributed by atoms with Gasteiger partial charge in [0.05, 0.1) is 17.1 Å². The predicted octanol–water partition coefficient (Wildman–Crippen LogP) is 3.42. The normalized spacial score (nSPS) is 24.4. The lowest BCUT2D eigenvalue weighted by Gasteiger charge is -2.16. The van der Waals surface area contributed by atoms with Gasteiger partial charge in [0.25, 0.3) is 0 Å². The Morgan fingerprint density at radius 3 is 2.84 bits per heavy atom. The van der Waals surface area contributed by atoms with Gasteiger partial charge in [-0.1, -0.05) is 12.1 Å². The molecule has 2 heterocycles. The van der Waals surface area contributed by atoms with Crippen molar-refractivity contribution >= 4 is 23.3 Å². The molecule has 1 atom stereocenters. The second-order valence-corrected chi connectivity index (χ2v) is 6.32. The Bertz CT molecular complexity index is 680. The van der Waals surface area contributed by atoms with E-state index in [0.717, 1.165) is 10.8 Å². The molecule has 19 heavy (non-hydrogen) atoms. The number of nitrogens with zero attached hydrogens (tertiary/aromatic N) is 2. The zero-order chi connectivity index (χ0) is 13.0. The molecule has 1 saturated heterocycles. The lowest BCUT2D eigenvalue weighted by atomic mass is 10.2. The van der Waals surface area contributed by atoms with Crippen LogP contribution in [0.1, 0.15) is 30.9 Å². The van der Waals surface area contributed by atoms with Gasteiger partial charge < -0.3 is 9.55 Å². The maximum absolute atomic E-state index is 5.56. The van der Waals surface area contributed by atoms with Crippen LogP contribution in [0.2, 0.25) is 0 Å². The summed E-state index contributed by atoms with van der Waals surface area (Å²) in [5.41, 5.74) is 3.75. The van der Waals surface area contributed by atoms with Crippen LogP contribution in [0, 0.1) is 11.7 Å². The Balaban J connectivity index is 1.76. The molecular formula is C15H19N3S. The summed E-state index contributed by atoms with van der Waals surface area (Å²) in [6.07, 6.45) is 4.02. The van der Waals surface area contributed by atoms with Gasteiger partial charge in [0.2, 0.25) is 0 Å². The van der Waals surface area contributed by atoms with Gasteiger partial charge in [-0.2, -0.15) is 0 Å². The highest BCUT2D eigenvalue weighted by Gasteiger charge is 2.35. The van der Waals surface area contributed by atoms with E-state index in [4.69, 9.17) is 12.2 Å². The van der Waals surface area contributed by atoms with Crippen LogP contribution in [-0.2, 0) is 0 Å². The molecule has 1 saturated carbocycles. The molecule has 0 bridgehead atoms. The number of fused-ring (bicyclic) bond motifs is 1. The first kappa shape index (κ1) is 11.7. The summed E-state index contributed by atoms with van der Waals surface area (Å²) >= 11 is 5.56. The van der Waals surface area contributed by atoms with Crippen LogP contribution >= 0.6 is 12.2 Å². The van der Waals surface area contributed by atoms with E-state index in [-0.39, 0.29) is 0 Å². The average Bonchev–Trinajstić information content (AvgIpc) is 3.03. The van der Waals surface area contributed by atoms with Crippen molar-refractivity contribution in [2.45, 2.75) is 38.3 Å². The largest absolute Gasteiger partial charge is 0.330 e. The van der Waals surface area contributed by atoms with Crippen molar-refractivity contribution in [3.8, 4) is 0 Å². The molecule has 4 rings (SSSR count). The molecule has 2 aliphatic rings. The molecule has 0 amide bonds. The van der Waals surface area contributed by atoms with E-state index < -0.39 is 0 Å². The summed E-state index contributed by atoms with van der Waals surface area (Å²) < 4.78 is 3.23. The molecule has 1 aromatic carbocycles. The molecule has 100 valence electrons. The van der Waals surface area contributed by atoms with Gasteiger partial charge in [-0.3, -0.25) is 4.90 Å². The van der Waals surface area contributed by atoms with Crippen molar-refractivity contribution in [2.24, 2.45) is 0 Å². The summed E-state index contributed by atoms with van der Waals surface area (Å²) in [6.45, 7) is 4.54. The van der Waals surface area contributed by atoms with Gasteiger partial charge in [-0.05, 0) is 50.0 Å². The molecule has 1 aliphatic carbocycles. The molecular weight excluding hydrogens is 254 g/mol.